The predicted molar refractivity (Wildman–Crippen MR) is 101 cm³/mol. The van der Waals surface area contributed by atoms with Crippen LogP contribution in [0.3, 0.4) is 0 Å². The normalized spacial score (nSPS) is 12.0. The van der Waals surface area contributed by atoms with Crippen LogP contribution >= 0.6 is 0 Å². The van der Waals surface area contributed by atoms with Gasteiger partial charge in [0, 0.05) is 5.39 Å². The van der Waals surface area contributed by atoms with Crippen LogP contribution in [0.2, 0.25) is 0 Å². The molecule has 1 amide bonds. The van der Waals surface area contributed by atoms with E-state index in [1.165, 1.54) is 13.4 Å². The van der Waals surface area contributed by atoms with E-state index >= 15 is 0 Å². The van der Waals surface area contributed by atoms with Gasteiger partial charge in [-0.2, -0.15) is 0 Å². The smallest absolute Gasteiger partial charge is 0.251 e. The summed E-state index contributed by atoms with van der Waals surface area (Å²) in [5.74, 6) is 6.86. The Morgan fingerprint density at radius 2 is 1.96 bits per heavy atom. The molecule has 3 rings (SSSR count). The third-order valence-corrected chi connectivity index (χ3v) is 4.34. The van der Waals surface area contributed by atoms with Crippen molar-refractivity contribution in [2.75, 3.05) is 12.1 Å². The molecule has 0 aliphatic heterocycles. The number of amides is 1. The van der Waals surface area contributed by atoms with E-state index < -0.39 is 5.91 Å². The van der Waals surface area contributed by atoms with E-state index in [9.17, 15) is 4.79 Å². The number of nitrogens with two attached hydrogens (primary N) is 2. The monoisotopic (exact) mass is 351 g/mol. The summed E-state index contributed by atoms with van der Waals surface area (Å²) in [6.07, 6.45) is 2.16. The molecule has 134 valence electrons. The van der Waals surface area contributed by atoms with Crippen molar-refractivity contribution in [1.29, 1.82) is 0 Å². The van der Waals surface area contributed by atoms with Crippen LogP contribution in [0, 0.1) is 0 Å². The maximum Gasteiger partial charge on any atom is 0.251 e. The van der Waals surface area contributed by atoms with Gasteiger partial charge in [-0.1, -0.05) is 37.3 Å². The lowest BCUT2D eigenvalue weighted by molar-refractivity contribution is 0.100. The second kappa shape index (κ2) is 7.37. The molecule has 7 heteroatoms. The second-order valence-electron chi connectivity index (χ2n) is 5.87. The summed E-state index contributed by atoms with van der Waals surface area (Å²) >= 11 is 0. The van der Waals surface area contributed by atoms with Crippen molar-refractivity contribution in [2.24, 2.45) is 11.6 Å². The van der Waals surface area contributed by atoms with Gasteiger partial charge in [-0.3, -0.25) is 9.80 Å². The molecule has 0 fully saturated rings. The number of nitrogens with zero attached hydrogens (tertiary/aromatic N) is 3. The first-order valence-electron chi connectivity index (χ1n) is 8.28. The fourth-order valence-electron chi connectivity index (χ4n) is 3.06. The topological polar surface area (TPSA) is 107 Å². The van der Waals surface area contributed by atoms with E-state index in [0.29, 0.717) is 22.5 Å². The van der Waals surface area contributed by atoms with E-state index in [4.69, 9.17) is 16.3 Å². The molecule has 1 heterocycles. The minimum absolute atomic E-state index is 0.0856. The van der Waals surface area contributed by atoms with Gasteiger partial charge in [-0.15, -0.1) is 0 Å². The average Bonchev–Trinajstić information content (AvgIpc) is 2.67. The summed E-state index contributed by atoms with van der Waals surface area (Å²) in [6.45, 7) is 2.05. The zero-order valence-corrected chi connectivity index (χ0v) is 14.7. The van der Waals surface area contributed by atoms with E-state index in [0.717, 1.165) is 12.0 Å². The maximum absolute atomic E-state index is 11.8. The summed E-state index contributed by atoms with van der Waals surface area (Å²) < 4.78 is 5.30. The van der Waals surface area contributed by atoms with Gasteiger partial charge in [-0.05, 0) is 24.1 Å². The zero-order valence-electron chi connectivity index (χ0n) is 14.7. The SMILES string of the molecule is CC[C@@H](c1ccccc1)N(N)c1ncnc2c(C(N)=O)cc(OC)cc12. The Kier molecular flexibility index (Phi) is 4.99. The lowest BCUT2D eigenvalue weighted by atomic mass is 10.0. The Balaban J connectivity index is 2.18. The number of carbonyl (C=O) groups is 1. The Bertz CT molecular complexity index is 930. The van der Waals surface area contributed by atoms with Gasteiger partial charge in [0.2, 0.25) is 0 Å². The molecule has 0 spiro atoms. The molecule has 3 aromatic rings. The van der Waals surface area contributed by atoms with Crippen molar-refractivity contribution in [3.05, 3.63) is 59.9 Å². The number of anilines is 1. The average molecular weight is 351 g/mol. The summed E-state index contributed by atoms with van der Waals surface area (Å²) in [5.41, 5.74) is 7.29. The van der Waals surface area contributed by atoms with E-state index in [1.54, 1.807) is 17.1 Å². The molecule has 0 saturated carbocycles. The molecule has 0 radical (unpaired) electrons. The lowest BCUT2D eigenvalue weighted by Gasteiger charge is -2.28. The Morgan fingerprint density at radius 1 is 1.23 bits per heavy atom. The molecule has 4 N–H and O–H groups in total. The minimum atomic E-state index is -0.586. The van der Waals surface area contributed by atoms with Gasteiger partial charge in [0.1, 0.15) is 12.1 Å². The number of hydrogen-bond donors (Lipinski definition) is 2. The first kappa shape index (κ1) is 17.6. The molecule has 0 aliphatic rings. The molecule has 0 unspecified atom stereocenters. The van der Waals surface area contributed by atoms with Gasteiger partial charge < -0.3 is 10.5 Å². The number of hydrogen-bond acceptors (Lipinski definition) is 6. The van der Waals surface area contributed by atoms with Crippen molar-refractivity contribution in [2.45, 2.75) is 19.4 Å². The van der Waals surface area contributed by atoms with Crippen molar-refractivity contribution in [1.82, 2.24) is 9.97 Å². The van der Waals surface area contributed by atoms with Crippen molar-refractivity contribution in [3.8, 4) is 5.75 Å². The number of rotatable bonds is 6. The highest BCUT2D eigenvalue weighted by Gasteiger charge is 2.22. The summed E-state index contributed by atoms with van der Waals surface area (Å²) in [6, 6.07) is 13.2. The fourth-order valence-corrected chi connectivity index (χ4v) is 3.06. The molecular weight excluding hydrogens is 330 g/mol. The Labute approximate surface area is 151 Å². The van der Waals surface area contributed by atoms with Crippen molar-refractivity contribution >= 4 is 22.6 Å². The Morgan fingerprint density at radius 3 is 2.58 bits per heavy atom. The number of ether oxygens (including phenoxy) is 1. The third kappa shape index (κ3) is 3.16. The van der Waals surface area contributed by atoms with Crippen molar-refractivity contribution in [3.63, 3.8) is 0 Å². The predicted octanol–water partition coefficient (Wildman–Crippen LogP) is 2.57. The summed E-state index contributed by atoms with van der Waals surface area (Å²) in [5, 5.41) is 2.21. The molecule has 2 aromatic carbocycles. The van der Waals surface area contributed by atoms with Crippen LogP contribution in [-0.2, 0) is 0 Å². The molecule has 1 atom stereocenters. The van der Waals surface area contributed by atoms with Gasteiger partial charge in [0.25, 0.3) is 5.91 Å². The molecule has 0 saturated heterocycles. The summed E-state index contributed by atoms with van der Waals surface area (Å²) in [4.78, 5) is 20.4. The standard InChI is InChI=1S/C19H21N5O2/c1-3-16(12-7-5-4-6-8-12)24(21)19-15-10-13(26-2)9-14(18(20)25)17(15)22-11-23-19/h4-11,16H,3,21H2,1-2H3,(H2,20,25)/t16-/m0/s1. The van der Waals surface area contributed by atoms with Crippen LogP contribution < -0.4 is 21.3 Å². The maximum atomic E-state index is 11.8. The largest absolute Gasteiger partial charge is 0.497 e. The van der Waals surface area contributed by atoms with Crippen LogP contribution in [0.4, 0.5) is 5.82 Å². The zero-order chi connectivity index (χ0) is 18.7. The quantitative estimate of drug-likeness (QED) is 0.522. The molecule has 0 aliphatic carbocycles. The number of hydrazine groups is 1. The molecule has 26 heavy (non-hydrogen) atoms. The third-order valence-electron chi connectivity index (χ3n) is 4.34. The number of fused-ring (bicyclic) bond motifs is 1. The first-order chi connectivity index (χ1) is 12.6. The molecule has 1 aromatic heterocycles. The number of methoxy groups -OCH3 is 1. The van der Waals surface area contributed by atoms with Crippen LogP contribution in [0.1, 0.15) is 35.3 Å². The summed E-state index contributed by atoms with van der Waals surface area (Å²) in [7, 11) is 1.52. The van der Waals surface area contributed by atoms with Gasteiger partial charge in [0.15, 0.2) is 5.82 Å². The highest BCUT2D eigenvalue weighted by Crippen LogP contribution is 2.33. The van der Waals surface area contributed by atoms with E-state index in [1.807, 2.05) is 30.3 Å². The van der Waals surface area contributed by atoms with Crippen LogP contribution in [0.25, 0.3) is 10.9 Å². The molecule has 7 nitrogen and oxygen atoms in total. The van der Waals surface area contributed by atoms with Gasteiger partial charge in [0.05, 0.1) is 24.2 Å². The van der Waals surface area contributed by atoms with E-state index in [2.05, 4.69) is 16.9 Å². The highest BCUT2D eigenvalue weighted by molar-refractivity contribution is 6.07. The highest BCUT2D eigenvalue weighted by atomic mass is 16.5. The number of carbonyl (C=O) groups excluding carboxylic acids is 1. The first-order valence-corrected chi connectivity index (χ1v) is 8.28. The number of aromatic nitrogens is 2. The van der Waals surface area contributed by atoms with Crippen LogP contribution in [0.5, 0.6) is 5.75 Å². The second-order valence-corrected chi connectivity index (χ2v) is 5.87. The van der Waals surface area contributed by atoms with Gasteiger partial charge in [-0.25, -0.2) is 15.8 Å². The van der Waals surface area contributed by atoms with Crippen molar-refractivity contribution < 1.29 is 9.53 Å². The van der Waals surface area contributed by atoms with Gasteiger partial charge >= 0.3 is 0 Å². The fraction of sp³-hybridized carbons (Fsp3) is 0.211. The van der Waals surface area contributed by atoms with E-state index in [-0.39, 0.29) is 11.6 Å². The Hall–Kier alpha value is -3.19. The van der Waals surface area contributed by atoms with Crippen LogP contribution in [0.15, 0.2) is 48.8 Å². The lowest BCUT2D eigenvalue weighted by Crippen LogP contribution is -2.36. The molecule has 0 bridgehead atoms. The van der Waals surface area contributed by atoms with Crippen LogP contribution in [-0.4, -0.2) is 23.0 Å². The minimum Gasteiger partial charge on any atom is -0.497 e. The molecular formula is C19H21N5O2. The number of benzene rings is 2. The number of primary amides is 1.